The number of thioether (sulfide) groups is 1. The minimum atomic E-state index is -0.349. The van der Waals surface area contributed by atoms with Crippen molar-refractivity contribution in [2.45, 2.75) is 37.4 Å². The summed E-state index contributed by atoms with van der Waals surface area (Å²) in [4.78, 5) is 0. The van der Waals surface area contributed by atoms with E-state index in [1.807, 2.05) is 42.7 Å². The van der Waals surface area contributed by atoms with E-state index in [0.29, 0.717) is 23.1 Å². The second-order valence-corrected chi connectivity index (χ2v) is 7.69. The first kappa shape index (κ1) is 20.4. The average molecular weight is 418 g/mol. The van der Waals surface area contributed by atoms with Gasteiger partial charge in [0.1, 0.15) is 11.6 Å². The number of nitrogens with zero attached hydrogens (tertiary/aromatic N) is 3. The molecule has 1 atom stereocenters. The van der Waals surface area contributed by atoms with E-state index in [0.717, 1.165) is 16.5 Å². The zero-order valence-corrected chi connectivity index (χ0v) is 17.3. The van der Waals surface area contributed by atoms with Crippen LogP contribution in [0.5, 0.6) is 5.75 Å². The molecule has 3 rings (SSSR count). The van der Waals surface area contributed by atoms with Crippen LogP contribution in [0.1, 0.15) is 30.0 Å². The molecular formula is C21H21ClFN3OS. The van der Waals surface area contributed by atoms with Gasteiger partial charge < -0.3 is 4.74 Å². The summed E-state index contributed by atoms with van der Waals surface area (Å²) < 4.78 is 21.2. The molecule has 3 aromatic rings. The van der Waals surface area contributed by atoms with Crippen LogP contribution in [-0.2, 0) is 12.3 Å². The van der Waals surface area contributed by atoms with E-state index < -0.39 is 0 Å². The molecule has 0 amide bonds. The summed E-state index contributed by atoms with van der Waals surface area (Å²) in [5.74, 6) is 1.70. The molecule has 2 aromatic carbocycles. The summed E-state index contributed by atoms with van der Waals surface area (Å²) >= 11 is 7.61. The molecule has 28 heavy (non-hydrogen) atoms. The third-order valence-corrected chi connectivity index (χ3v) is 5.49. The number of halogens is 2. The maximum absolute atomic E-state index is 13.2. The predicted molar refractivity (Wildman–Crippen MR) is 111 cm³/mol. The molecule has 0 aliphatic heterocycles. The summed E-state index contributed by atoms with van der Waals surface area (Å²) in [6, 6.07) is 12.3. The third kappa shape index (κ3) is 4.94. The van der Waals surface area contributed by atoms with E-state index in [2.05, 4.69) is 16.8 Å². The number of allylic oxidation sites excluding steroid dienone is 1. The Bertz CT molecular complexity index is 959. The van der Waals surface area contributed by atoms with Gasteiger partial charge in [0.2, 0.25) is 0 Å². The number of hydrogen-bond donors (Lipinski definition) is 0. The molecule has 0 fully saturated rings. The second-order valence-electron chi connectivity index (χ2n) is 6.34. The quantitative estimate of drug-likeness (QED) is 0.333. The van der Waals surface area contributed by atoms with Gasteiger partial charge in [-0.3, -0.25) is 4.57 Å². The van der Waals surface area contributed by atoms with Crippen molar-refractivity contribution in [3.8, 4) is 5.75 Å². The number of aromatic nitrogens is 3. The highest BCUT2D eigenvalue weighted by molar-refractivity contribution is 7.98. The third-order valence-electron chi connectivity index (χ3n) is 4.13. The number of rotatable bonds is 8. The molecule has 4 nitrogen and oxygen atoms in total. The molecule has 0 radical (unpaired) electrons. The Kier molecular flexibility index (Phi) is 6.75. The van der Waals surface area contributed by atoms with Gasteiger partial charge in [-0.2, -0.15) is 0 Å². The molecule has 0 aliphatic carbocycles. The number of ether oxygens (including phenoxy) is 1. The monoisotopic (exact) mass is 417 g/mol. The molecule has 146 valence electrons. The fourth-order valence-corrected chi connectivity index (χ4v) is 3.94. The maximum Gasteiger partial charge on any atom is 0.191 e. The van der Waals surface area contributed by atoms with E-state index >= 15 is 0 Å². The number of hydrogen-bond acceptors (Lipinski definition) is 4. The maximum atomic E-state index is 13.2. The summed E-state index contributed by atoms with van der Waals surface area (Å²) in [5, 5.41) is 9.76. The lowest BCUT2D eigenvalue weighted by Gasteiger charge is -2.16. The topological polar surface area (TPSA) is 39.9 Å². The minimum Gasteiger partial charge on any atom is -0.483 e. The van der Waals surface area contributed by atoms with Crippen LogP contribution in [0.3, 0.4) is 0 Å². The van der Waals surface area contributed by atoms with Crippen molar-refractivity contribution in [2.75, 3.05) is 0 Å². The molecule has 0 bridgehead atoms. The molecule has 1 heterocycles. The van der Waals surface area contributed by atoms with Crippen LogP contribution >= 0.6 is 23.4 Å². The van der Waals surface area contributed by atoms with Gasteiger partial charge in [-0.1, -0.05) is 53.2 Å². The van der Waals surface area contributed by atoms with Crippen LogP contribution < -0.4 is 4.74 Å². The van der Waals surface area contributed by atoms with Gasteiger partial charge in [0.05, 0.1) is 0 Å². The Morgan fingerprint density at radius 2 is 2.00 bits per heavy atom. The van der Waals surface area contributed by atoms with Crippen molar-refractivity contribution in [1.29, 1.82) is 0 Å². The number of benzene rings is 2. The Morgan fingerprint density at radius 1 is 1.25 bits per heavy atom. The van der Waals surface area contributed by atoms with Crippen LogP contribution in [0.2, 0.25) is 5.02 Å². The lowest BCUT2D eigenvalue weighted by molar-refractivity contribution is 0.210. The zero-order valence-electron chi connectivity index (χ0n) is 15.7. The van der Waals surface area contributed by atoms with Gasteiger partial charge >= 0.3 is 0 Å². The smallest absolute Gasteiger partial charge is 0.191 e. The van der Waals surface area contributed by atoms with E-state index in [9.17, 15) is 4.39 Å². The molecule has 0 aliphatic rings. The van der Waals surface area contributed by atoms with Crippen LogP contribution in [-0.4, -0.2) is 14.8 Å². The molecule has 1 aromatic heterocycles. The molecule has 7 heteroatoms. The highest BCUT2D eigenvalue weighted by Gasteiger charge is 2.19. The van der Waals surface area contributed by atoms with Gasteiger partial charge in [-0.15, -0.1) is 16.8 Å². The normalized spacial score (nSPS) is 12.0. The van der Waals surface area contributed by atoms with Crippen molar-refractivity contribution in [2.24, 2.45) is 0 Å². The van der Waals surface area contributed by atoms with Gasteiger partial charge in [-0.05, 0) is 43.7 Å². The first-order valence-electron chi connectivity index (χ1n) is 8.82. The van der Waals surface area contributed by atoms with Crippen molar-refractivity contribution in [3.63, 3.8) is 0 Å². The highest BCUT2D eigenvalue weighted by Crippen LogP contribution is 2.29. The molecule has 0 N–H and O–H groups in total. The molecule has 0 spiro atoms. The standard InChI is InChI=1S/C21H21ClFN3OS/c1-4-11-26-20(15(3)27-18-9-5-14(2)6-10-18)24-25-21(26)28-13-16-7-8-17(23)12-19(16)22/h4-10,12,15H,1,11,13H2,2-3H3. The average Bonchev–Trinajstić information content (AvgIpc) is 3.06. The Morgan fingerprint density at radius 3 is 2.68 bits per heavy atom. The van der Waals surface area contributed by atoms with Crippen molar-refractivity contribution in [1.82, 2.24) is 14.8 Å². The van der Waals surface area contributed by atoms with Gasteiger partial charge in [-0.25, -0.2) is 4.39 Å². The molecule has 0 saturated carbocycles. The number of aryl methyl sites for hydroxylation is 1. The van der Waals surface area contributed by atoms with Crippen LogP contribution in [0.4, 0.5) is 4.39 Å². The summed E-state index contributed by atoms with van der Waals surface area (Å²) in [6.45, 7) is 8.35. The van der Waals surface area contributed by atoms with Crippen LogP contribution in [0, 0.1) is 12.7 Å². The summed E-state index contributed by atoms with van der Waals surface area (Å²) in [6.07, 6.45) is 1.51. The molecule has 0 saturated heterocycles. The van der Waals surface area contributed by atoms with Gasteiger partial charge in [0.25, 0.3) is 0 Å². The SMILES string of the molecule is C=CCn1c(SCc2ccc(F)cc2Cl)nnc1C(C)Oc1ccc(C)cc1. The van der Waals surface area contributed by atoms with Crippen molar-refractivity contribution >= 4 is 23.4 Å². The fourth-order valence-electron chi connectivity index (χ4n) is 2.66. The van der Waals surface area contributed by atoms with Gasteiger partial charge in [0, 0.05) is 17.3 Å². The van der Waals surface area contributed by atoms with Crippen molar-refractivity contribution in [3.05, 3.63) is 82.9 Å². The Balaban J connectivity index is 1.76. The summed E-state index contributed by atoms with van der Waals surface area (Å²) in [5.41, 5.74) is 2.01. The van der Waals surface area contributed by atoms with E-state index in [4.69, 9.17) is 16.3 Å². The van der Waals surface area contributed by atoms with Crippen LogP contribution in [0.15, 0.2) is 60.3 Å². The molecule has 1 unspecified atom stereocenters. The largest absolute Gasteiger partial charge is 0.483 e. The molecular weight excluding hydrogens is 397 g/mol. The summed E-state index contributed by atoms with van der Waals surface area (Å²) in [7, 11) is 0. The zero-order chi connectivity index (χ0) is 20.1. The second kappa shape index (κ2) is 9.26. The van der Waals surface area contributed by atoms with Crippen LogP contribution in [0.25, 0.3) is 0 Å². The first-order valence-corrected chi connectivity index (χ1v) is 10.2. The fraction of sp³-hybridized carbons (Fsp3) is 0.238. The van der Waals surface area contributed by atoms with E-state index in [-0.39, 0.29) is 11.9 Å². The highest BCUT2D eigenvalue weighted by atomic mass is 35.5. The lowest BCUT2D eigenvalue weighted by atomic mass is 10.2. The van der Waals surface area contributed by atoms with Gasteiger partial charge in [0.15, 0.2) is 17.1 Å². The first-order chi connectivity index (χ1) is 13.5. The Hall–Kier alpha value is -2.31. The van der Waals surface area contributed by atoms with E-state index in [1.54, 1.807) is 12.1 Å². The minimum absolute atomic E-state index is 0.279. The van der Waals surface area contributed by atoms with E-state index in [1.165, 1.54) is 29.5 Å². The lowest BCUT2D eigenvalue weighted by Crippen LogP contribution is -2.12. The Labute approximate surface area is 173 Å². The van der Waals surface area contributed by atoms with Crippen molar-refractivity contribution < 1.29 is 9.13 Å². The predicted octanol–water partition coefficient (Wildman–Crippen LogP) is 6.00.